The van der Waals surface area contributed by atoms with Crippen molar-refractivity contribution in [2.24, 2.45) is 5.92 Å². The van der Waals surface area contributed by atoms with Gasteiger partial charge in [0.1, 0.15) is 12.2 Å². The number of rotatable bonds is 42. The quantitative estimate of drug-likeness (QED) is 0.0314. The topological polar surface area (TPSA) is 349 Å². The van der Waals surface area contributed by atoms with Crippen molar-refractivity contribution in [3.05, 3.63) is 144 Å². The molecule has 0 spiro atoms. The van der Waals surface area contributed by atoms with Crippen molar-refractivity contribution >= 4 is 35.9 Å². The van der Waals surface area contributed by atoms with E-state index in [0.29, 0.717) is 26.4 Å². The van der Waals surface area contributed by atoms with Crippen molar-refractivity contribution in [1.82, 2.24) is 44.1 Å². The largest absolute Gasteiger partial charge is 0.480 e. The maximum atomic E-state index is 12.7. The van der Waals surface area contributed by atoms with Gasteiger partial charge in [-0.3, -0.25) is 63.2 Å². The fraction of sp³-hybridized carbons (Fsp3) is 0.577. The number of nitrogens with zero attached hydrogens (tertiary/aromatic N) is 9. The highest BCUT2D eigenvalue weighted by molar-refractivity contribution is 5.70. The Morgan fingerprint density at radius 3 is 0.820 bits per heavy atom. The van der Waals surface area contributed by atoms with Crippen LogP contribution in [0.2, 0.25) is 0 Å². The monoisotopic (exact) mass is 1400 g/mol. The number of carboxylic acid groups (broad SMARTS) is 6. The Morgan fingerprint density at radius 1 is 0.330 bits per heavy atom. The highest BCUT2D eigenvalue weighted by Crippen LogP contribution is 2.16. The molecule has 554 valence electrons. The average molecular weight is 1400 g/mol. The van der Waals surface area contributed by atoms with E-state index in [2.05, 4.69) is 0 Å². The first-order valence-corrected chi connectivity index (χ1v) is 34.2. The van der Waals surface area contributed by atoms with Crippen LogP contribution in [0.3, 0.4) is 0 Å². The van der Waals surface area contributed by atoms with Gasteiger partial charge in [-0.25, -0.2) is 4.79 Å². The molecule has 2 heterocycles. The summed E-state index contributed by atoms with van der Waals surface area (Å²) >= 11 is 0. The van der Waals surface area contributed by atoms with E-state index >= 15 is 0 Å². The molecular weight excluding hydrogens is 1300 g/mol. The molecule has 0 aliphatic carbocycles. The number of ether oxygens (including phenoxy) is 6. The Balaban J connectivity index is 1.34. The second kappa shape index (κ2) is 47.1. The van der Waals surface area contributed by atoms with Crippen molar-refractivity contribution in [3.8, 4) is 0 Å². The van der Waals surface area contributed by atoms with Crippen molar-refractivity contribution in [2.75, 3.05) is 210 Å². The highest BCUT2D eigenvalue weighted by Gasteiger charge is 2.29. The number of aliphatic hydroxyl groups is 2. The van der Waals surface area contributed by atoms with Crippen LogP contribution in [0.1, 0.15) is 22.3 Å². The summed E-state index contributed by atoms with van der Waals surface area (Å²) < 4.78 is 38.9. The number of β-amino-alcohol motifs (C(OH)–C–C–N with tert-alkyl or cyclic N) is 2. The Hall–Kier alpha value is -7.14. The van der Waals surface area contributed by atoms with Gasteiger partial charge in [0.15, 0.2) is 0 Å². The van der Waals surface area contributed by atoms with Crippen LogP contribution < -0.4 is 0 Å². The van der Waals surface area contributed by atoms with Gasteiger partial charge < -0.3 is 74.2 Å². The zero-order valence-electron chi connectivity index (χ0n) is 57.4. The number of benzene rings is 4. The lowest BCUT2D eigenvalue weighted by molar-refractivity contribution is -0.140. The average Bonchev–Trinajstić information content (AvgIpc) is 0.902. The molecule has 0 saturated carbocycles. The summed E-state index contributed by atoms with van der Waals surface area (Å²) in [7, 11) is 0. The first-order valence-electron chi connectivity index (χ1n) is 34.2. The third-order valence-electron chi connectivity index (χ3n) is 17.0. The first-order chi connectivity index (χ1) is 48.3. The number of hydrogen-bond donors (Lipinski definition) is 8. The molecule has 1 amide bonds. The molecule has 2 aliphatic heterocycles. The van der Waals surface area contributed by atoms with E-state index in [1.807, 2.05) is 136 Å². The Morgan fingerprint density at radius 2 is 0.570 bits per heavy atom. The van der Waals surface area contributed by atoms with Gasteiger partial charge in [-0.05, 0) is 22.3 Å². The van der Waals surface area contributed by atoms with E-state index in [0.717, 1.165) is 22.3 Å². The lowest BCUT2D eigenvalue weighted by atomic mass is 10.1. The molecule has 4 aromatic carbocycles. The van der Waals surface area contributed by atoms with Gasteiger partial charge >= 0.3 is 35.9 Å². The second-order valence-electron chi connectivity index (χ2n) is 25.5. The van der Waals surface area contributed by atoms with E-state index in [1.165, 1.54) is 4.90 Å². The molecule has 2 unspecified atom stereocenters. The highest BCUT2D eigenvalue weighted by atomic mass is 16.6. The molecule has 100 heavy (non-hydrogen) atoms. The van der Waals surface area contributed by atoms with Crippen LogP contribution in [0.4, 0.5) is 4.79 Å². The van der Waals surface area contributed by atoms with Gasteiger partial charge in [0.2, 0.25) is 0 Å². The van der Waals surface area contributed by atoms with Crippen LogP contribution in [-0.2, 0) is 78.8 Å². The Bertz CT molecular complexity index is 2720. The first kappa shape index (κ1) is 81.8. The lowest BCUT2D eigenvalue weighted by Crippen LogP contribution is -2.52. The summed E-state index contributed by atoms with van der Waals surface area (Å²) in [5.74, 6) is -5.98. The van der Waals surface area contributed by atoms with Crippen LogP contribution in [0.25, 0.3) is 0 Å². The van der Waals surface area contributed by atoms with Crippen molar-refractivity contribution in [3.63, 3.8) is 0 Å². The lowest BCUT2D eigenvalue weighted by Gasteiger charge is -2.36. The Labute approximate surface area is 586 Å². The van der Waals surface area contributed by atoms with Crippen LogP contribution in [0, 0.1) is 5.92 Å². The van der Waals surface area contributed by atoms with Crippen LogP contribution in [-0.4, -0.2) is 355 Å². The van der Waals surface area contributed by atoms with Crippen LogP contribution in [0.5, 0.6) is 0 Å². The van der Waals surface area contributed by atoms with Gasteiger partial charge in [-0.2, -0.15) is 0 Å². The van der Waals surface area contributed by atoms with Crippen molar-refractivity contribution < 1.29 is 98.0 Å². The molecule has 0 aromatic heterocycles. The van der Waals surface area contributed by atoms with E-state index in [-0.39, 0.29) is 210 Å². The molecule has 2 saturated heterocycles. The smallest absolute Gasteiger partial charge is 0.407 e. The van der Waals surface area contributed by atoms with Crippen LogP contribution in [0.15, 0.2) is 121 Å². The van der Waals surface area contributed by atoms with E-state index in [4.69, 9.17) is 28.4 Å². The third-order valence-corrected chi connectivity index (χ3v) is 17.0. The maximum Gasteiger partial charge on any atom is 0.407 e. The van der Waals surface area contributed by atoms with E-state index < -0.39 is 66.3 Å². The summed E-state index contributed by atoms with van der Waals surface area (Å²) in [6.45, 7) is 2.57. The fourth-order valence-electron chi connectivity index (χ4n) is 11.8. The maximum absolute atomic E-state index is 12.7. The number of aliphatic carboxylic acids is 5. The van der Waals surface area contributed by atoms with Crippen molar-refractivity contribution in [1.29, 1.82) is 0 Å². The Kier molecular flexibility index (Phi) is 38.6. The molecule has 29 heteroatoms. The molecular formula is C71H105N9O20. The zero-order chi connectivity index (χ0) is 71.7. The minimum absolute atomic E-state index is 0.0108. The predicted octanol–water partition coefficient (Wildman–Crippen LogP) is 1.81. The molecule has 2 aliphatic rings. The summed E-state index contributed by atoms with van der Waals surface area (Å²) in [4.78, 5) is 88.2. The second-order valence-corrected chi connectivity index (χ2v) is 25.5. The standard InChI is InChI=1S/C71H105N9O20/c81-62(38-72-21-24-74(42-66(83)84)27-29-77(45-69(89)90)30-28-75(25-22-72)43-67(85)86)40-79(41-63(82)39-73-23-26-76(44-68(87)88)31-32-78(46-70(91)92)34-36-80(35-33-73)71(93)94)37-61(51-99-64(53-95-47-57-13-5-1-6-14-57)54-96-48-58-15-7-2-8-16-58)52-100-65(55-97-49-59-17-9-3-10-18-59)56-98-50-60-19-11-4-12-20-60/h1-20,61-65,81-82H,21-56H2,(H,83,84)(H,85,86)(H,87,88)(H,89,90)(H,91,92)(H,93,94). The van der Waals surface area contributed by atoms with Gasteiger partial charge in [-0.1, -0.05) is 121 Å². The molecule has 4 aromatic rings. The summed E-state index contributed by atoms with van der Waals surface area (Å²) in [6, 6.07) is 38.9. The molecule has 8 N–H and O–H groups in total. The molecule has 29 nitrogen and oxygen atoms in total. The number of hydrogen-bond acceptors (Lipinski definition) is 22. The summed E-state index contributed by atoms with van der Waals surface area (Å²) in [5.41, 5.74) is 3.84. The van der Waals surface area contributed by atoms with Crippen molar-refractivity contribution in [2.45, 2.75) is 50.8 Å². The minimum Gasteiger partial charge on any atom is -0.480 e. The zero-order valence-corrected chi connectivity index (χ0v) is 57.4. The van der Waals surface area contributed by atoms with Gasteiger partial charge in [0.25, 0.3) is 0 Å². The molecule has 0 bridgehead atoms. The minimum atomic E-state index is -1.22. The van der Waals surface area contributed by atoms with E-state index in [9.17, 15) is 69.6 Å². The SMILES string of the molecule is O=C(O)CN1CCN(CC(=O)O)CCN(CC(O)CN(CC(O)CN2CCN(CC(=O)O)CCN(CC(=O)O)CCN(C(=O)O)CC2)CC(COC(COCc2ccccc2)COCc2ccccc2)COC(COCc2ccccc2)COCc2ccccc2)CCN(CC(=O)O)CC1. The van der Waals surface area contributed by atoms with Gasteiger partial charge in [0, 0.05) is 143 Å². The van der Waals surface area contributed by atoms with Gasteiger partial charge in [-0.15, -0.1) is 0 Å². The van der Waals surface area contributed by atoms with Gasteiger partial charge in [0.05, 0.1) is 111 Å². The number of amides is 1. The number of carbonyl (C=O) groups is 6. The molecule has 2 atom stereocenters. The third kappa shape index (κ3) is 35.9. The number of carboxylic acids is 5. The molecule has 6 rings (SSSR count). The predicted molar refractivity (Wildman–Crippen MR) is 369 cm³/mol. The van der Waals surface area contributed by atoms with E-state index in [1.54, 1.807) is 24.5 Å². The molecule has 2 fully saturated rings. The molecule has 0 radical (unpaired) electrons. The summed E-state index contributed by atoms with van der Waals surface area (Å²) in [5, 5.41) is 84.7. The van der Waals surface area contributed by atoms with Crippen LogP contribution >= 0.6 is 0 Å². The summed E-state index contributed by atoms with van der Waals surface area (Å²) in [6.07, 6.45) is -4.78. The normalized spacial score (nSPS) is 17.0. The number of aliphatic hydroxyl groups excluding tert-OH is 2. The fourth-order valence-corrected chi connectivity index (χ4v) is 11.8.